The molecule has 0 unspecified atom stereocenters. The lowest BCUT2D eigenvalue weighted by molar-refractivity contribution is -0.385. The second-order valence-electron chi connectivity index (χ2n) is 3.69. The Morgan fingerprint density at radius 2 is 2.22 bits per heavy atom. The quantitative estimate of drug-likeness (QED) is 0.471. The first kappa shape index (κ1) is 14.4. The Bertz CT molecular complexity index is 468. The smallest absolute Gasteiger partial charge is 0.285 e. The minimum atomic E-state index is -0.772. The summed E-state index contributed by atoms with van der Waals surface area (Å²) in [6, 6.07) is 2.88. The number of carbonyl (C=O) groups is 1. The first-order chi connectivity index (χ1) is 8.47. The largest absolute Gasteiger partial charge is 0.341 e. The van der Waals surface area contributed by atoms with Crippen LogP contribution in [-0.4, -0.2) is 35.2 Å². The summed E-state index contributed by atoms with van der Waals surface area (Å²) in [7, 11) is 1.52. The van der Waals surface area contributed by atoms with E-state index in [4.69, 9.17) is 11.6 Å². The van der Waals surface area contributed by atoms with Gasteiger partial charge < -0.3 is 4.90 Å². The van der Waals surface area contributed by atoms with Crippen molar-refractivity contribution in [3.8, 4) is 0 Å². The second kappa shape index (κ2) is 6.30. The van der Waals surface area contributed by atoms with Crippen LogP contribution in [0.3, 0.4) is 0 Å². The number of nitro groups is 1. The number of carbonyl (C=O) groups excluding carboxylic acids is 1. The molecule has 0 aliphatic heterocycles. The van der Waals surface area contributed by atoms with Gasteiger partial charge in [-0.3, -0.25) is 14.9 Å². The van der Waals surface area contributed by atoms with E-state index in [1.165, 1.54) is 11.9 Å². The lowest BCUT2D eigenvalue weighted by atomic mass is 10.1. The molecule has 0 heterocycles. The highest BCUT2D eigenvalue weighted by Gasteiger charge is 2.23. The normalized spacial score (nSPS) is 10.2. The molecule has 0 bridgehead atoms. The van der Waals surface area contributed by atoms with Crippen molar-refractivity contribution in [1.82, 2.24) is 4.90 Å². The van der Waals surface area contributed by atoms with Crippen LogP contribution < -0.4 is 0 Å². The zero-order chi connectivity index (χ0) is 13.7. The van der Waals surface area contributed by atoms with E-state index in [2.05, 4.69) is 0 Å². The van der Waals surface area contributed by atoms with Crippen LogP contribution in [0.2, 0.25) is 0 Å². The lowest BCUT2D eigenvalue weighted by Crippen LogP contribution is -2.28. The van der Waals surface area contributed by atoms with Gasteiger partial charge in [-0.1, -0.05) is 0 Å². The average Bonchev–Trinajstić information content (AvgIpc) is 2.34. The minimum Gasteiger partial charge on any atom is -0.341 e. The Morgan fingerprint density at radius 3 is 2.78 bits per heavy atom. The van der Waals surface area contributed by atoms with Gasteiger partial charge in [0.1, 0.15) is 11.4 Å². The fourth-order valence-electron chi connectivity index (χ4n) is 1.44. The van der Waals surface area contributed by atoms with Gasteiger partial charge in [-0.15, -0.1) is 11.6 Å². The zero-order valence-corrected chi connectivity index (χ0v) is 10.5. The molecule has 98 valence electrons. The van der Waals surface area contributed by atoms with Crippen LogP contribution in [-0.2, 0) is 0 Å². The van der Waals surface area contributed by atoms with Crippen molar-refractivity contribution in [2.24, 2.45) is 0 Å². The molecule has 0 atom stereocenters. The van der Waals surface area contributed by atoms with Crippen molar-refractivity contribution in [1.29, 1.82) is 0 Å². The molecule has 5 nitrogen and oxygen atoms in total. The molecule has 1 aromatic rings. The third-order valence-corrected chi connectivity index (χ3v) is 2.63. The maximum absolute atomic E-state index is 12.9. The molecule has 0 saturated carbocycles. The van der Waals surface area contributed by atoms with Gasteiger partial charge in [0.25, 0.3) is 11.6 Å². The van der Waals surface area contributed by atoms with Gasteiger partial charge in [0.15, 0.2) is 0 Å². The van der Waals surface area contributed by atoms with Crippen LogP contribution in [0.1, 0.15) is 16.8 Å². The lowest BCUT2D eigenvalue weighted by Gasteiger charge is -2.16. The summed E-state index contributed by atoms with van der Waals surface area (Å²) < 4.78 is 12.9. The Morgan fingerprint density at radius 1 is 1.56 bits per heavy atom. The molecule has 1 aromatic carbocycles. The molecule has 0 saturated heterocycles. The molecule has 0 spiro atoms. The highest BCUT2D eigenvalue weighted by molar-refractivity contribution is 6.17. The first-order valence-electron chi connectivity index (χ1n) is 5.22. The van der Waals surface area contributed by atoms with Crippen molar-refractivity contribution in [3.63, 3.8) is 0 Å². The second-order valence-corrected chi connectivity index (χ2v) is 4.07. The molecule has 0 aliphatic rings. The fourth-order valence-corrected chi connectivity index (χ4v) is 1.56. The van der Waals surface area contributed by atoms with Gasteiger partial charge in [0.2, 0.25) is 0 Å². The monoisotopic (exact) mass is 274 g/mol. The summed E-state index contributed by atoms with van der Waals surface area (Å²) in [4.78, 5) is 23.3. The highest BCUT2D eigenvalue weighted by atomic mass is 35.5. The zero-order valence-electron chi connectivity index (χ0n) is 9.73. The van der Waals surface area contributed by atoms with E-state index in [0.29, 0.717) is 18.8 Å². The number of nitro benzene ring substituents is 1. The summed E-state index contributed by atoms with van der Waals surface area (Å²) in [6.07, 6.45) is 0.582. The van der Waals surface area contributed by atoms with Crippen LogP contribution in [0, 0.1) is 15.9 Å². The standard InChI is InChI=1S/C11H12ClFN2O3/c1-14(6-2-5-12)11(16)9-4-3-8(13)7-10(9)15(17)18/h3-4,7H,2,5-6H2,1H3. The van der Waals surface area contributed by atoms with E-state index >= 15 is 0 Å². The average molecular weight is 275 g/mol. The number of benzene rings is 1. The third kappa shape index (κ3) is 3.40. The predicted molar refractivity (Wildman–Crippen MR) is 65.4 cm³/mol. The van der Waals surface area contributed by atoms with E-state index < -0.39 is 22.3 Å². The van der Waals surface area contributed by atoms with Crippen molar-refractivity contribution >= 4 is 23.2 Å². The number of nitrogens with zero attached hydrogens (tertiary/aromatic N) is 2. The number of rotatable bonds is 5. The molecule has 1 rings (SSSR count). The van der Waals surface area contributed by atoms with E-state index in [1.807, 2.05) is 0 Å². The number of hydrogen-bond acceptors (Lipinski definition) is 3. The van der Waals surface area contributed by atoms with Gasteiger partial charge in [0.05, 0.1) is 11.0 Å². The SMILES string of the molecule is CN(CCCCl)C(=O)c1ccc(F)cc1[N+](=O)[O-]. The minimum absolute atomic E-state index is 0.126. The molecule has 7 heteroatoms. The van der Waals surface area contributed by atoms with Crippen LogP contribution in [0.5, 0.6) is 0 Å². The molecule has 0 aliphatic carbocycles. The first-order valence-corrected chi connectivity index (χ1v) is 5.76. The van der Waals surface area contributed by atoms with Crippen molar-refractivity contribution in [2.75, 3.05) is 19.5 Å². The molecule has 0 N–H and O–H groups in total. The van der Waals surface area contributed by atoms with Crippen LogP contribution in [0.25, 0.3) is 0 Å². The van der Waals surface area contributed by atoms with Crippen LogP contribution in [0.15, 0.2) is 18.2 Å². The Hall–Kier alpha value is -1.69. The summed E-state index contributed by atoms with van der Waals surface area (Å²) >= 11 is 5.50. The third-order valence-electron chi connectivity index (χ3n) is 2.36. The molecule has 0 fully saturated rings. The molecule has 0 radical (unpaired) electrons. The summed E-state index contributed by atoms with van der Waals surface area (Å²) in [5.74, 6) is -0.878. The molecule has 18 heavy (non-hydrogen) atoms. The van der Waals surface area contributed by atoms with Crippen molar-refractivity contribution in [2.45, 2.75) is 6.42 Å². The summed E-state index contributed by atoms with van der Waals surface area (Å²) in [5.41, 5.74) is -0.656. The van der Waals surface area contributed by atoms with Crippen molar-refractivity contribution < 1.29 is 14.1 Å². The number of hydrogen-bond donors (Lipinski definition) is 0. The fraction of sp³-hybridized carbons (Fsp3) is 0.364. The molecular formula is C11H12ClFN2O3. The van der Waals surface area contributed by atoms with Crippen LogP contribution >= 0.6 is 11.6 Å². The highest BCUT2D eigenvalue weighted by Crippen LogP contribution is 2.21. The van der Waals surface area contributed by atoms with E-state index in [9.17, 15) is 19.3 Å². The van der Waals surface area contributed by atoms with Gasteiger partial charge in [-0.2, -0.15) is 0 Å². The number of amides is 1. The Labute approximate surface area is 108 Å². The maximum atomic E-state index is 12.9. The van der Waals surface area contributed by atoms with E-state index in [-0.39, 0.29) is 5.56 Å². The predicted octanol–water partition coefficient (Wildman–Crippen LogP) is 2.43. The van der Waals surface area contributed by atoms with Crippen molar-refractivity contribution in [3.05, 3.63) is 39.7 Å². The molecular weight excluding hydrogens is 263 g/mol. The topological polar surface area (TPSA) is 63.5 Å². The molecule has 0 aromatic heterocycles. The molecule has 1 amide bonds. The summed E-state index contributed by atoms with van der Waals surface area (Å²) in [6.45, 7) is 0.386. The number of alkyl halides is 1. The van der Waals surface area contributed by atoms with E-state index in [0.717, 1.165) is 18.2 Å². The van der Waals surface area contributed by atoms with Gasteiger partial charge in [-0.25, -0.2) is 4.39 Å². The number of halogens is 2. The van der Waals surface area contributed by atoms with Gasteiger partial charge >= 0.3 is 0 Å². The van der Waals surface area contributed by atoms with Crippen LogP contribution in [0.4, 0.5) is 10.1 Å². The van der Waals surface area contributed by atoms with Gasteiger partial charge in [-0.05, 0) is 18.6 Å². The summed E-state index contributed by atoms with van der Waals surface area (Å²) in [5, 5.41) is 10.8. The van der Waals surface area contributed by atoms with Gasteiger partial charge in [0, 0.05) is 19.5 Å². The maximum Gasteiger partial charge on any atom is 0.285 e. The Balaban J connectivity index is 3.01. The van der Waals surface area contributed by atoms with E-state index in [1.54, 1.807) is 0 Å². The Kier molecular flexibility index (Phi) is 5.03.